The maximum absolute atomic E-state index is 15.0. The van der Waals surface area contributed by atoms with Gasteiger partial charge in [-0.1, -0.05) is 6.07 Å². The fourth-order valence-corrected chi connectivity index (χ4v) is 7.29. The van der Waals surface area contributed by atoms with Crippen LogP contribution >= 0.6 is 0 Å². The Morgan fingerprint density at radius 2 is 0.804 bits per heavy atom. The van der Waals surface area contributed by atoms with E-state index in [9.17, 15) is 52.7 Å². The van der Waals surface area contributed by atoms with E-state index in [2.05, 4.69) is 30.3 Å². The average Bonchev–Trinajstić information content (AvgIpc) is 3.70. The van der Waals surface area contributed by atoms with Crippen molar-refractivity contribution in [2.75, 3.05) is 0 Å². The topological polar surface area (TPSA) is 129 Å². The summed E-state index contributed by atoms with van der Waals surface area (Å²) in [5.74, 6) is 0. The van der Waals surface area contributed by atoms with Crippen molar-refractivity contribution in [2.45, 2.75) is 12.4 Å². The second-order valence-electron chi connectivity index (χ2n) is 12.8. The fraction of sp³-hybridized carbons (Fsp3) is 0.0465. The second-order valence-corrected chi connectivity index (χ2v) is 12.8. The van der Waals surface area contributed by atoms with Crippen molar-refractivity contribution in [1.82, 2.24) is 9.13 Å². The van der Waals surface area contributed by atoms with E-state index in [1.54, 1.807) is 57.7 Å². The Labute approximate surface area is 312 Å². The SMILES string of the molecule is N#Cc1ccc2c(c1)c1cc(C#N)ccc1n2-c1cc(-c2ccc(C(F)(F)F)cc2C(F)(F)F)c(-n2c3ccc(C#N)cc3c3cc(C#N)ccc32)cc1C#N. The van der Waals surface area contributed by atoms with Gasteiger partial charge in [-0.15, -0.1) is 0 Å². The lowest BCUT2D eigenvalue weighted by molar-refractivity contribution is -0.142. The minimum absolute atomic E-state index is 0.00993. The molecular weight excluding hydrogens is 729 g/mol. The molecule has 0 bridgehead atoms. The third-order valence-corrected chi connectivity index (χ3v) is 9.71. The van der Waals surface area contributed by atoms with E-state index in [0.717, 1.165) is 6.07 Å². The smallest absolute Gasteiger partial charge is 0.309 e. The van der Waals surface area contributed by atoms with Gasteiger partial charge in [-0.25, -0.2) is 0 Å². The molecule has 8 aromatic rings. The number of hydrogen-bond donors (Lipinski definition) is 0. The van der Waals surface area contributed by atoms with E-state index >= 15 is 0 Å². The highest BCUT2D eigenvalue weighted by molar-refractivity contribution is 6.12. The molecule has 56 heavy (non-hydrogen) atoms. The molecule has 0 unspecified atom stereocenters. The molecule has 0 saturated heterocycles. The van der Waals surface area contributed by atoms with E-state index in [4.69, 9.17) is 0 Å². The average molecular weight is 746 g/mol. The predicted molar refractivity (Wildman–Crippen MR) is 194 cm³/mol. The van der Waals surface area contributed by atoms with E-state index in [-0.39, 0.29) is 50.8 Å². The number of rotatable bonds is 3. The Morgan fingerprint density at radius 1 is 0.393 bits per heavy atom. The molecule has 6 aromatic carbocycles. The molecule has 2 heterocycles. The van der Waals surface area contributed by atoms with Gasteiger partial charge in [0.05, 0.1) is 96.7 Å². The largest absolute Gasteiger partial charge is 0.417 e. The molecule has 0 fully saturated rings. The molecule has 0 radical (unpaired) electrons. The summed E-state index contributed by atoms with van der Waals surface area (Å²) in [6, 6.07) is 33.0. The second kappa shape index (κ2) is 12.5. The molecule has 2 aromatic heterocycles. The Kier molecular flexibility index (Phi) is 7.83. The summed E-state index contributed by atoms with van der Waals surface area (Å²) in [5, 5.41) is 51.4. The summed E-state index contributed by atoms with van der Waals surface area (Å²) in [4.78, 5) is 0. The molecule has 0 saturated carbocycles. The van der Waals surface area contributed by atoms with E-state index in [1.165, 1.54) is 36.4 Å². The molecule has 266 valence electrons. The minimum Gasteiger partial charge on any atom is -0.309 e. The molecule has 0 amide bonds. The Balaban J connectivity index is 1.57. The Morgan fingerprint density at radius 3 is 1.16 bits per heavy atom. The molecule has 8 rings (SSSR count). The van der Waals surface area contributed by atoms with Gasteiger partial charge in [-0.3, -0.25) is 0 Å². The molecule has 7 nitrogen and oxygen atoms in total. The van der Waals surface area contributed by atoms with Crippen molar-refractivity contribution in [2.24, 2.45) is 0 Å². The van der Waals surface area contributed by atoms with Crippen molar-refractivity contribution in [3.63, 3.8) is 0 Å². The predicted octanol–water partition coefficient (Wildman–Crippen LogP) is 10.9. The number of alkyl halides is 6. The first-order valence-electron chi connectivity index (χ1n) is 16.4. The van der Waals surface area contributed by atoms with Crippen LogP contribution in [0.5, 0.6) is 0 Å². The first-order valence-corrected chi connectivity index (χ1v) is 16.4. The van der Waals surface area contributed by atoms with Crippen LogP contribution < -0.4 is 0 Å². The van der Waals surface area contributed by atoms with E-state index in [0.29, 0.717) is 49.7 Å². The molecular formula is C43H17F6N7. The van der Waals surface area contributed by atoms with Crippen LogP contribution in [-0.2, 0) is 12.4 Å². The highest BCUT2D eigenvalue weighted by Crippen LogP contribution is 2.46. The molecule has 0 aliphatic heterocycles. The third-order valence-electron chi connectivity index (χ3n) is 9.71. The summed E-state index contributed by atoms with van der Waals surface area (Å²) < 4.78 is 89.9. The normalized spacial score (nSPS) is 11.7. The Bertz CT molecular complexity index is 3100. The number of halogens is 6. The number of benzene rings is 6. The summed E-state index contributed by atoms with van der Waals surface area (Å²) in [7, 11) is 0. The van der Waals surface area contributed by atoms with Gasteiger partial charge in [0.25, 0.3) is 0 Å². The lowest BCUT2D eigenvalue weighted by atomic mass is 9.93. The van der Waals surface area contributed by atoms with Gasteiger partial charge in [0.2, 0.25) is 0 Å². The standard InChI is InChI=1S/C43H17F6N7/c44-42(45,46)28-5-6-29(35(16-28)43(47,48)49)34-17-40(55-36-7-1-23(18-50)11-30(36)31-12-24(19-51)2-8-37(31)55)27(22-54)15-41(34)56-38-9-3-25(20-52)13-32(38)33-14-26(21-53)4-10-39(33)56/h1-17H. The third kappa shape index (κ3) is 5.41. The molecule has 0 spiro atoms. The van der Waals surface area contributed by atoms with E-state index < -0.39 is 29.0 Å². The van der Waals surface area contributed by atoms with Crippen molar-refractivity contribution >= 4 is 43.6 Å². The molecule has 0 aliphatic rings. The van der Waals surface area contributed by atoms with Crippen LogP contribution in [0.2, 0.25) is 0 Å². The molecule has 13 heteroatoms. The van der Waals surface area contributed by atoms with Crippen molar-refractivity contribution in [3.05, 3.63) is 142 Å². The number of nitriles is 5. The fourth-order valence-electron chi connectivity index (χ4n) is 7.29. The molecule has 0 aliphatic carbocycles. The van der Waals surface area contributed by atoms with Crippen molar-refractivity contribution in [3.8, 4) is 52.8 Å². The van der Waals surface area contributed by atoms with Gasteiger partial charge in [-0.2, -0.15) is 52.7 Å². The van der Waals surface area contributed by atoms with Gasteiger partial charge in [0.1, 0.15) is 6.07 Å². The summed E-state index contributed by atoms with van der Waals surface area (Å²) in [5.41, 5.74) is -1.26. The summed E-state index contributed by atoms with van der Waals surface area (Å²) >= 11 is 0. The van der Waals surface area contributed by atoms with Gasteiger partial charge in [0.15, 0.2) is 0 Å². The van der Waals surface area contributed by atoms with Gasteiger partial charge < -0.3 is 9.13 Å². The first-order chi connectivity index (χ1) is 26.8. The van der Waals surface area contributed by atoms with Crippen LogP contribution in [0.15, 0.2) is 103 Å². The van der Waals surface area contributed by atoms with Crippen molar-refractivity contribution < 1.29 is 26.3 Å². The van der Waals surface area contributed by atoms with Crippen LogP contribution in [0.25, 0.3) is 66.1 Å². The number of aromatic nitrogens is 2. The molecule has 0 N–H and O–H groups in total. The lowest BCUT2D eigenvalue weighted by Crippen LogP contribution is -2.13. The zero-order chi connectivity index (χ0) is 39.7. The zero-order valence-electron chi connectivity index (χ0n) is 28.2. The first kappa shape index (κ1) is 35.0. The quantitative estimate of drug-likeness (QED) is 0.166. The van der Waals surface area contributed by atoms with Crippen molar-refractivity contribution in [1.29, 1.82) is 26.3 Å². The highest BCUT2D eigenvalue weighted by atomic mass is 19.4. The van der Waals surface area contributed by atoms with Crippen LogP contribution in [-0.4, -0.2) is 9.13 Å². The maximum atomic E-state index is 15.0. The van der Waals surface area contributed by atoms with Gasteiger partial charge in [-0.05, 0) is 103 Å². The molecule has 0 atom stereocenters. The number of fused-ring (bicyclic) bond motifs is 6. The highest BCUT2D eigenvalue weighted by Gasteiger charge is 2.39. The van der Waals surface area contributed by atoms with Crippen LogP contribution in [0.3, 0.4) is 0 Å². The summed E-state index contributed by atoms with van der Waals surface area (Å²) in [6.07, 6.45) is -10.4. The zero-order valence-corrected chi connectivity index (χ0v) is 28.2. The monoisotopic (exact) mass is 745 g/mol. The van der Waals surface area contributed by atoms with Crippen LogP contribution in [0.1, 0.15) is 38.9 Å². The van der Waals surface area contributed by atoms with Gasteiger partial charge in [0, 0.05) is 27.1 Å². The van der Waals surface area contributed by atoms with Crippen LogP contribution in [0.4, 0.5) is 26.3 Å². The number of hydrogen-bond acceptors (Lipinski definition) is 5. The van der Waals surface area contributed by atoms with Gasteiger partial charge >= 0.3 is 12.4 Å². The lowest BCUT2D eigenvalue weighted by Gasteiger charge is -2.22. The summed E-state index contributed by atoms with van der Waals surface area (Å²) in [6.45, 7) is 0. The van der Waals surface area contributed by atoms with Crippen LogP contribution in [0, 0.1) is 56.7 Å². The van der Waals surface area contributed by atoms with E-state index in [1.807, 2.05) is 0 Å². The number of nitrogens with zero attached hydrogens (tertiary/aromatic N) is 7. The minimum atomic E-state index is -5.28. The maximum Gasteiger partial charge on any atom is 0.417 e. The Hall–Kier alpha value is -8.05.